The maximum atomic E-state index is 11.7. The summed E-state index contributed by atoms with van der Waals surface area (Å²) < 4.78 is 5.22. The first-order valence-corrected chi connectivity index (χ1v) is 6.70. The molecule has 0 fully saturated rings. The number of nitrogens with zero attached hydrogens (tertiary/aromatic N) is 1. The van der Waals surface area contributed by atoms with E-state index in [2.05, 4.69) is 6.58 Å². The first-order valence-electron chi connectivity index (χ1n) is 5.82. The predicted octanol–water partition coefficient (Wildman–Crippen LogP) is 2.04. The number of carbonyl (C=O) groups excluding carboxylic acids is 1. The van der Waals surface area contributed by atoms with E-state index < -0.39 is 6.10 Å². The molecule has 1 atom stereocenters. The maximum absolute atomic E-state index is 11.7. The molecule has 1 aromatic rings. The molecule has 0 aliphatic rings. The zero-order valence-electron chi connectivity index (χ0n) is 10.8. The van der Waals surface area contributed by atoms with Gasteiger partial charge in [0.05, 0.1) is 19.8 Å². The number of amides is 1. The minimum atomic E-state index is -0.515. The topological polar surface area (TPSA) is 49.8 Å². The fourth-order valence-electron chi connectivity index (χ4n) is 1.57. The van der Waals surface area contributed by atoms with Crippen LogP contribution >= 0.6 is 11.3 Å². The fraction of sp³-hybridized carbons (Fsp3) is 0.462. The lowest BCUT2D eigenvalue weighted by Crippen LogP contribution is -2.35. The largest absolute Gasteiger partial charge is 0.487 e. The summed E-state index contributed by atoms with van der Waals surface area (Å²) in [6.07, 6.45) is 1.36. The Morgan fingerprint density at radius 3 is 3.00 bits per heavy atom. The Labute approximate surface area is 111 Å². The number of ether oxygens (including phenoxy) is 1. The van der Waals surface area contributed by atoms with E-state index in [9.17, 15) is 9.90 Å². The van der Waals surface area contributed by atoms with Crippen molar-refractivity contribution >= 4 is 17.2 Å². The summed E-state index contributed by atoms with van der Waals surface area (Å²) in [5.41, 5.74) is 0.945. The highest BCUT2D eigenvalue weighted by atomic mass is 32.1. The van der Waals surface area contributed by atoms with Crippen molar-refractivity contribution in [2.45, 2.75) is 26.0 Å². The third kappa shape index (κ3) is 3.85. The number of aliphatic hydroxyl groups excluding tert-OH is 1. The van der Waals surface area contributed by atoms with Gasteiger partial charge in [-0.05, 0) is 23.9 Å². The molecule has 1 heterocycles. The molecule has 0 saturated heterocycles. The van der Waals surface area contributed by atoms with Gasteiger partial charge in [0.2, 0.25) is 5.91 Å². The minimum Gasteiger partial charge on any atom is -0.487 e. The van der Waals surface area contributed by atoms with Gasteiger partial charge in [-0.2, -0.15) is 0 Å². The van der Waals surface area contributed by atoms with Crippen molar-refractivity contribution < 1.29 is 14.6 Å². The van der Waals surface area contributed by atoms with Crippen LogP contribution in [-0.4, -0.2) is 35.7 Å². The van der Waals surface area contributed by atoms with Crippen molar-refractivity contribution in [2.24, 2.45) is 0 Å². The summed E-state index contributed by atoms with van der Waals surface area (Å²) in [5, 5.41) is 12.4. The number of thiophene rings is 1. The Morgan fingerprint density at radius 1 is 1.72 bits per heavy atom. The normalized spacial score (nSPS) is 11.9. The molecular weight excluding hydrogens is 250 g/mol. The molecule has 1 aromatic heterocycles. The van der Waals surface area contributed by atoms with Gasteiger partial charge >= 0.3 is 0 Å². The standard InChI is InChI=1S/C13H19NO3S/c1-4-11(15)9-14(12(16)5-2)8-10-6-7-18-13(10)17-3/h5-7,11,15H,2,4,8-9H2,1,3H3/t11-/m1/s1. The van der Waals surface area contributed by atoms with Crippen LogP contribution in [0.5, 0.6) is 5.06 Å². The predicted molar refractivity (Wildman–Crippen MR) is 72.8 cm³/mol. The Bertz CT molecular complexity index is 403. The molecule has 1 N–H and O–H groups in total. The van der Waals surface area contributed by atoms with Crippen LogP contribution in [0, 0.1) is 0 Å². The molecule has 0 unspecified atom stereocenters. The highest BCUT2D eigenvalue weighted by molar-refractivity contribution is 7.12. The summed E-state index contributed by atoms with van der Waals surface area (Å²) in [5.74, 6) is -0.184. The molecular formula is C13H19NO3S. The number of carbonyl (C=O) groups is 1. The summed E-state index contributed by atoms with van der Waals surface area (Å²) >= 11 is 1.49. The van der Waals surface area contributed by atoms with E-state index in [4.69, 9.17) is 4.74 Å². The molecule has 0 spiro atoms. The van der Waals surface area contributed by atoms with Crippen LogP contribution < -0.4 is 4.74 Å². The third-order valence-electron chi connectivity index (χ3n) is 2.64. The average molecular weight is 269 g/mol. The zero-order chi connectivity index (χ0) is 13.5. The van der Waals surface area contributed by atoms with Crippen molar-refractivity contribution in [3.63, 3.8) is 0 Å². The number of aliphatic hydroxyl groups is 1. The molecule has 0 aromatic carbocycles. The van der Waals surface area contributed by atoms with Gasteiger partial charge in [0.25, 0.3) is 0 Å². The van der Waals surface area contributed by atoms with E-state index in [1.165, 1.54) is 17.4 Å². The highest BCUT2D eigenvalue weighted by Gasteiger charge is 2.17. The van der Waals surface area contributed by atoms with Crippen LogP contribution in [0.1, 0.15) is 18.9 Å². The van der Waals surface area contributed by atoms with Crippen molar-refractivity contribution in [3.8, 4) is 5.06 Å². The summed E-state index contributed by atoms with van der Waals surface area (Å²) in [6, 6.07) is 1.92. The molecule has 0 aliphatic heterocycles. The van der Waals surface area contributed by atoms with Crippen molar-refractivity contribution in [2.75, 3.05) is 13.7 Å². The van der Waals surface area contributed by atoms with Crippen LogP contribution in [0.15, 0.2) is 24.1 Å². The minimum absolute atomic E-state index is 0.184. The van der Waals surface area contributed by atoms with Gasteiger partial charge in [-0.25, -0.2) is 0 Å². The summed E-state index contributed by atoms with van der Waals surface area (Å²) in [7, 11) is 1.61. The molecule has 18 heavy (non-hydrogen) atoms. The second-order valence-electron chi connectivity index (χ2n) is 3.92. The smallest absolute Gasteiger partial charge is 0.246 e. The number of hydrogen-bond acceptors (Lipinski definition) is 4. The van der Waals surface area contributed by atoms with Crippen molar-refractivity contribution in [1.29, 1.82) is 0 Å². The Kier molecular flexibility index (Phi) is 5.88. The van der Waals surface area contributed by atoms with E-state index in [0.29, 0.717) is 19.5 Å². The summed E-state index contributed by atoms with van der Waals surface area (Å²) in [6.45, 7) is 6.10. The van der Waals surface area contributed by atoms with Crippen LogP contribution in [0.3, 0.4) is 0 Å². The Hall–Kier alpha value is -1.33. The first-order chi connectivity index (χ1) is 8.62. The number of methoxy groups -OCH3 is 1. The van der Waals surface area contributed by atoms with Crippen molar-refractivity contribution in [3.05, 3.63) is 29.7 Å². The Morgan fingerprint density at radius 2 is 2.44 bits per heavy atom. The maximum Gasteiger partial charge on any atom is 0.246 e. The van der Waals surface area contributed by atoms with Gasteiger partial charge in [-0.3, -0.25) is 4.79 Å². The molecule has 0 radical (unpaired) electrons. The molecule has 0 bridgehead atoms. The second-order valence-corrected chi connectivity index (χ2v) is 4.80. The molecule has 0 saturated carbocycles. The van der Waals surface area contributed by atoms with Crippen LogP contribution in [0.25, 0.3) is 0 Å². The molecule has 4 nitrogen and oxygen atoms in total. The van der Waals surface area contributed by atoms with Gasteiger partial charge in [-0.1, -0.05) is 13.5 Å². The highest BCUT2D eigenvalue weighted by Crippen LogP contribution is 2.26. The van der Waals surface area contributed by atoms with E-state index in [1.807, 2.05) is 18.4 Å². The molecule has 5 heteroatoms. The van der Waals surface area contributed by atoms with E-state index >= 15 is 0 Å². The average Bonchev–Trinajstić information content (AvgIpc) is 2.83. The lowest BCUT2D eigenvalue weighted by molar-refractivity contribution is -0.128. The van der Waals surface area contributed by atoms with Crippen LogP contribution in [0.4, 0.5) is 0 Å². The van der Waals surface area contributed by atoms with Crippen molar-refractivity contribution in [1.82, 2.24) is 4.90 Å². The summed E-state index contributed by atoms with van der Waals surface area (Å²) in [4.78, 5) is 13.3. The van der Waals surface area contributed by atoms with Gasteiger partial charge in [-0.15, -0.1) is 11.3 Å². The quantitative estimate of drug-likeness (QED) is 0.771. The van der Waals surface area contributed by atoms with Crippen LogP contribution in [-0.2, 0) is 11.3 Å². The second kappa shape index (κ2) is 7.18. The zero-order valence-corrected chi connectivity index (χ0v) is 11.6. The van der Waals surface area contributed by atoms with E-state index in [-0.39, 0.29) is 5.91 Å². The van der Waals surface area contributed by atoms with Gasteiger partial charge in [0.1, 0.15) is 0 Å². The molecule has 1 amide bonds. The van der Waals surface area contributed by atoms with Gasteiger partial charge in [0, 0.05) is 12.1 Å². The first kappa shape index (κ1) is 14.7. The molecule has 100 valence electrons. The third-order valence-corrected chi connectivity index (χ3v) is 3.56. The lowest BCUT2D eigenvalue weighted by Gasteiger charge is -2.23. The fourth-order valence-corrected chi connectivity index (χ4v) is 2.30. The van der Waals surface area contributed by atoms with E-state index in [1.54, 1.807) is 12.0 Å². The lowest BCUT2D eigenvalue weighted by atomic mass is 10.2. The monoisotopic (exact) mass is 269 g/mol. The number of hydrogen-bond donors (Lipinski definition) is 1. The SMILES string of the molecule is C=CC(=O)N(Cc1ccsc1OC)C[C@H](O)CC. The van der Waals surface area contributed by atoms with Crippen LogP contribution in [0.2, 0.25) is 0 Å². The number of rotatable bonds is 7. The van der Waals surface area contributed by atoms with E-state index in [0.717, 1.165) is 10.6 Å². The molecule has 0 aliphatic carbocycles. The Balaban J connectivity index is 2.78. The van der Waals surface area contributed by atoms with Gasteiger partial charge < -0.3 is 14.7 Å². The molecule has 1 rings (SSSR count). The van der Waals surface area contributed by atoms with Gasteiger partial charge in [0.15, 0.2) is 5.06 Å².